The Bertz CT molecular complexity index is 708. The molecule has 0 aliphatic rings. The van der Waals surface area contributed by atoms with E-state index in [-0.39, 0.29) is 5.78 Å². The summed E-state index contributed by atoms with van der Waals surface area (Å²) < 4.78 is 0. The second-order valence-electron chi connectivity index (χ2n) is 4.12. The summed E-state index contributed by atoms with van der Waals surface area (Å²) in [6.45, 7) is 1.50. The highest BCUT2D eigenvalue weighted by atomic mass is 35.5. The maximum absolute atomic E-state index is 12.0. The minimum Gasteiger partial charge on any atom is -0.294 e. The van der Waals surface area contributed by atoms with Crippen molar-refractivity contribution < 1.29 is 4.79 Å². The number of aromatic nitrogens is 2. The third-order valence-electron chi connectivity index (χ3n) is 2.77. The number of Topliss-reactive ketones (excluding diaryl/α,β-unsaturated/α-hetero) is 1. The van der Waals surface area contributed by atoms with E-state index in [4.69, 9.17) is 23.2 Å². The van der Waals surface area contributed by atoms with Crippen molar-refractivity contribution in [3.8, 4) is 11.3 Å². The molecule has 0 atom stereocenters. The molecule has 21 heavy (non-hydrogen) atoms. The van der Waals surface area contributed by atoms with Gasteiger partial charge in [-0.05, 0) is 37.6 Å². The van der Waals surface area contributed by atoms with E-state index in [0.717, 1.165) is 0 Å². The van der Waals surface area contributed by atoms with Gasteiger partial charge in [0.25, 0.3) is 0 Å². The highest BCUT2D eigenvalue weighted by Crippen LogP contribution is 2.35. The Kier molecular flexibility index (Phi) is 5.54. The summed E-state index contributed by atoms with van der Waals surface area (Å²) in [7, 11) is 0. The van der Waals surface area contributed by atoms with Crippen LogP contribution in [0.3, 0.4) is 0 Å². The van der Waals surface area contributed by atoms with E-state index >= 15 is 0 Å². The van der Waals surface area contributed by atoms with Gasteiger partial charge in [-0.25, -0.2) is 9.97 Å². The molecule has 0 aliphatic heterocycles. The van der Waals surface area contributed by atoms with Crippen LogP contribution in [0.2, 0.25) is 10.0 Å². The number of rotatable bonds is 4. The normalized spacial score (nSPS) is 10.7. The van der Waals surface area contributed by atoms with E-state index in [2.05, 4.69) is 9.97 Å². The largest absolute Gasteiger partial charge is 0.294 e. The molecular formula is C14H12Cl2N2OS2. The van der Waals surface area contributed by atoms with E-state index in [1.165, 1.54) is 30.4 Å². The molecular weight excluding hydrogens is 347 g/mol. The highest BCUT2D eigenvalue weighted by Gasteiger charge is 2.20. The molecule has 110 valence electrons. The van der Waals surface area contributed by atoms with E-state index in [1.807, 2.05) is 12.5 Å². The topological polar surface area (TPSA) is 42.9 Å². The van der Waals surface area contributed by atoms with Crippen LogP contribution in [0.25, 0.3) is 11.3 Å². The van der Waals surface area contributed by atoms with Crippen LogP contribution in [0, 0.1) is 0 Å². The first-order valence-electron chi connectivity index (χ1n) is 5.94. The molecule has 0 radical (unpaired) electrons. The van der Waals surface area contributed by atoms with Crippen LogP contribution in [0.5, 0.6) is 0 Å². The molecule has 0 bridgehead atoms. The number of nitrogens with zero attached hydrogens (tertiary/aromatic N) is 2. The lowest BCUT2D eigenvalue weighted by atomic mass is 10.0. The van der Waals surface area contributed by atoms with Crippen LogP contribution in [-0.4, -0.2) is 28.3 Å². The molecule has 0 spiro atoms. The number of hydrogen-bond donors (Lipinski definition) is 0. The number of halogens is 2. The lowest BCUT2D eigenvalue weighted by Gasteiger charge is -2.12. The molecule has 1 aromatic carbocycles. The third kappa shape index (κ3) is 3.54. The molecule has 2 rings (SSSR count). The van der Waals surface area contributed by atoms with E-state index in [9.17, 15) is 4.79 Å². The van der Waals surface area contributed by atoms with Gasteiger partial charge in [-0.3, -0.25) is 4.79 Å². The second-order valence-corrected chi connectivity index (χ2v) is 6.54. The summed E-state index contributed by atoms with van der Waals surface area (Å²) in [5.74, 6) is -0.0898. The standard InChI is InChI=1S/C14H12Cl2N2OS2/c1-7(19)11-12(9-5-4-8(15)6-10(9)16)17-14(21-3)18-13(11)20-2/h4-6H,1-3H3. The molecule has 0 saturated heterocycles. The lowest BCUT2D eigenvalue weighted by molar-refractivity contribution is 0.101. The number of carbonyl (C=O) groups is 1. The first kappa shape index (κ1) is 16.6. The molecule has 2 aromatic rings. The number of thioether (sulfide) groups is 2. The van der Waals surface area contributed by atoms with Crippen molar-refractivity contribution in [1.82, 2.24) is 9.97 Å². The maximum atomic E-state index is 12.0. The quantitative estimate of drug-likeness (QED) is 0.329. The number of carbonyl (C=O) groups excluding carboxylic acids is 1. The summed E-state index contributed by atoms with van der Waals surface area (Å²) in [4.78, 5) is 20.9. The predicted octanol–water partition coefficient (Wildman–Crippen LogP) is 5.10. The van der Waals surface area contributed by atoms with E-state index in [1.54, 1.807) is 18.2 Å². The van der Waals surface area contributed by atoms with Gasteiger partial charge in [0.05, 0.1) is 16.3 Å². The highest BCUT2D eigenvalue weighted by molar-refractivity contribution is 7.99. The van der Waals surface area contributed by atoms with Crippen molar-refractivity contribution in [3.05, 3.63) is 33.8 Å². The van der Waals surface area contributed by atoms with Crippen molar-refractivity contribution in [3.63, 3.8) is 0 Å². The first-order chi connectivity index (χ1) is 9.97. The van der Waals surface area contributed by atoms with Crippen molar-refractivity contribution in [2.45, 2.75) is 17.1 Å². The van der Waals surface area contributed by atoms with Crippen molar-refractivity contribution in [2.75, 3.05) is 12.5 Å². The first-order valence-corrected chi connectivity index (χ1v) is 9.14. The lowest BCUT2D eigenvalue weighted by Crippen LogP contribution is -2.05. The molecule has 0 saturated carbocycles. The third-order valence-corrected chi connectivity index (χ3v) is 4.55. The predicted molar refractivity (Wildman–Crippen MR) is 91.1 cm³/mol. The number of ketones is 1. The van der Waals surface area contributed by atoms with Crippen LogP contribution < -0.4 is 0 Å². The van der Waals surface area contributed by atoms with Gasteiger partial charge in [0.1, 0.15) is 5.03 Å². The van der Waals surface area contributed by atoms with Gasteiger partial charge >= 0.3 is 0 Å². The zero-order chi connectivity index (χ0) is 15.6. The molecule has 0 aliphatic carbocycles. The van der Waals surface area contributed by atoms with Crippen molar-refractivity contribution in [2.24, 2.45) is 0 Å². The van der Waals surface area contributed by atoms with Gasteiger partial charge in [-0.2, -0.15) is 0 Å². The average Bonchev–Trinajstić information content (AvgIpc) is 2.45. The molecule has 7 heteroatoms. The minimum absolute atomic E-state index is 0.0898. The molecule has 0 N–H and O–H groups in total. The Balaban J connectivity index is 2.79. The summed E-state index contributed by atoms with van der Waals surface area (Å²) in [6, 6.07) is 5.14. The van der Waals surface area contributed by atoms with Gasteiger partial charge in [0, 0.05) is 10.6 Å². The van der Waals surface area contributed by atoms with Crippen LogP contribution in [-0.2, 0) is 0 Å². The summed E-state index contributed by atoms with van der Waals surface area (Å²) in [5.41, 5.74) is 1.72. The zero-order valence-corrected chi connectivity index (χ0v) is 14.8. The Morgan fingerprint density at radius 3 is 2.38 bits per heavy atom. The summed E-state index contributed by atoms with van der Waals surface area (Å²) in [6.07, 6.45) is 3.77. The smallest absolute Gasteiger partial charge is 0.188 e. The molecule has 0 unspecified atom stereocenters. The summed E-state index contributed by atoms with van der Waals surface area (Å²) >= 11 is 15.0. The number of benzene rings is 1. The van der Waals surface area contributed by atoms with Gasteiger partial charge in [-0.1, -0.05) is 35.0 Å². The van der Waals surface area contributed by atoms with Crippen molar-refractivity contribution >= 4 is 52.5 Å². The molecule has 0 fully saturated rings. The molecule has 1 heterocycles. The maximum Gasteiger partial charge on any atom is 0.188 e. The van der Waals surface area contributed by atoms with Crippen molar-refractivity contribution in [1.29, 1.82) is 0 Å². The Hall–Kier alpha value is -0.750. The fraction of sp³-hybridized carbons (Fsp3) is 0.214. The van der Waals surface area contributed by atoms with Gasteiger partial charge in [0.15, 0.2) is 10.9 Å². The van der Waals surface area contributed by atoms with Gasteiger partial charge in [-0.15, -0.1) is 11.8 Å². The molecule has 0 amide bonds. The number of hydrogen-bond acceptors (Lipinski definition) is 5. The summed E-state index contributed by atoms with van der Waals surface area (Å²) in [5, 5.41) is 2.26. The fourth-order valence-corrected chi connectivity index (χ4v) is 3.40. The van der Waals surface area contributed by atoms with E-state index in [0.29, 0.717) is 37.0 Å². The zero-order valence-electron chi connectivity index (χ0n) is 11.6. The SMILES string of the molecule is CSc1nc(SC)c(C(C)=O)c(-c2ccc(Cl)cc2Cl)n1. The average molecular weight is 359 g/mol. The monoisotopic (exact) mass is 358 g/mol. The second kappa shape index (κ2) is 7.01. The van der Waals surface area contributed by atoms with E-state index < -0.39 is 0 Å². The van der Waals surface area contributed by atoms with Gasteiger partial charge in [0.2, 0.25) is 0 Å². The van der Waals surface area contributed by atoms with Crippen LogP contribution >= 0.6 is 46.7 Å². The fourth-order valence-electron chi connectivity index (χ4n) is 1.85. The Morgan fingerprint density at radius 2 is 1.86 bits per heavy atom. The minimum atomic E-state index is -0.0898. The van der Waals surface area contributed by atoms with Gasteiger partial charge < -0.3 is 0 Å². The van der Waals surface area contributed by atoms with Crippen LogP contribution in [0.4, 0.5) is 0 Å². The molecule has 3 nitrogen and oxygen atoms in total. The Morgan fingerprint density at radius 1 is 1.14 bits per heavy atom. The Labute approximate surface area is 141 Å². The van der Waals surface area contributed by atoms with Crippen LogP contribution in [0.1, 0.15) is 17.3 Å². The van der Waals surface area contributed by atoms with Crippen LogP contribution in [0.15, 0.2) is 28.4 Å². The molecule has 1 aromatic heterocycles.